The lowest BCUT2D eigenvalue weighted by Crippen LogP contribution is -2.24. The molecule has 0 aliphatic rings. The third-order valence-corrected chi connectivity index (χ3v) is 2.07. The number of nitrogens with zero attached hydrogens (tertiary/aromatic N) is 3. The Morgan fingerprint density at radius 3 is 2.93 bits per heavy atom. The molecule has 0 N–H and O–H groups in total. The zero-order valence-corrected chi connectivity index (χ0v) is 9.20. The summed E-state index contributed by atoms with van der Waals surface area (Å²) in [5.74, 6) is 0. The Balaban J connectivity index is 2.92. The SMILES string of the molecule is C=C(C)CN(CC)c1ccnc(C#N)c1. The number of aromatic nitrogens is 1. The lowest BCUT2D eigenvalue weighted by molar-refractivity contribution is 0.878. The molecular weight excluding hydrogens is 186 g/mol. The molecule has 3 nitrogen and oxygen atoms in total. The van der Waals surface area contributed by atoms with Crippen molar-refractivity contribution in [2.45, 2.75) is 13.8 Å². The van der Waals surface area contributed by atoms with E-state index in [-0.39, 0.29) is 0 Å². The molecule has 0 bridgehead atoms. The van der Waals surface area contributed by atoms with Crippen LogP contribution in [0.5, 0.6) is 0 Å². The van der Waals surface area contributed by atoms with Crippen molar-refractivity contribution in [1.82, 2.24) is 4.98 Å². The summed E-state index contributed by atoms with van der Waals surface area (Å²) < 4.78 is 0. The molecule has 1 aromatic heterocycles. The molecule has 1 heterocycles. The second-order valence-electron chi connectivity index (χ2n) is 3.48. The predicted molar refractivity (Wildman–Crippen MR) is 61.7 cm³/mol. The zero-order chi connectivity index (χ0) is 11.3. The summed E-state index contributed by atoms with van der Waals surface area (Å²) in [7, 11) is 0. The van der Waals surface area contributed by atoms with Crippen molar-refractivity contribution in [3.05, 3.63) is 36.2 Å². The average molecular weight is 201 g/mol. The van der Waals surface area contributed by atoms with E-state index in [9.17, 15) is 0 Å². The number of rotatable bonds is 4. The van der Waals surface area contributed by atoms with Crippen LogP contribution in [0, 0.1) is 11.3 Å². The second kappa shape index (κ2) is 5.16. The Hall–Kier alpha value is -1.82. The molecule has 0 saturated carbocycles. The first-order valence-corrected chi connectivity index (χ1v) is 4.93. The summed E-state index contributed by atoms with van der Waals surface area (Å²) in [6, 6.07) is 5.75. The first-order valence-electron chi connectivity index (χ1n) is 4.93. The fourth-order valence-electron chi connectivity index (χ4n) is 1.39. The Morgan fingerprint density at radius 1 is 1.67 bits per heavy atom. The van der Waals surface area contributed by atoms with Crippen LogP contribution in [0.2, 0.25) is 0 Å². The van der Waals surface area contributed by atoms with Gasteiger partial charge in [0.25, 0.3) is 0 Å². The largest absolute Gasteiger partial charge is 0.368 e. The number of anilines is 1. The van der Waals surface area contributed by atoms with Crippen molar-refractivity contribution in [2.24, 2.45) is 0 Å². The van der Waals surface area contributed by atoms with Gasteiger partial charge in [-0.15, -0.1) is 0 Å². The lowest BCUT2D eigenvalue weighted by Gasteiger charge is -2.23. The summed E-state index contributed by atoms with van der Waals surface area (Å²) in [6.45, 7) is 9.66. The highest BCUT2D eigenvalue weighted by Crippen LogP contribution is 2.14. The first-order chi connectivity index (χ1) is 7.17. The van der Waals surface area contributed by atoms with Crippen molar-refractivity contribution < 1.29 is 0 Å². The normalized spacial score (nSPS) is 9.40. The molecule has 15 heavy (non-hydrogen) atoms. The van der Waals surface area contributed by atoms with Crippen molar-refractivity contribution in [1.29, 1.82) is 5.26 Å². The van der Waals surface area contributed by atoms with E-state index in [0.29, 0.717) is 5.69 Å². The fraction of sp³-hybridized carbons (Fsp3) is 0.333. The maximum Gasteiger partial charge on any atom is 0.142 e. The van der Waals surface area contributed by atoms with Crippen LogP contribution in [0.1, 0.15) is 19.5 Å². The summed E-state index contributed by atoms with van der Waals surface area (Å²) in [4.78, 5) is 6.10. The third-order valence-electron chi connectivity index (χ3n) is 2.07. The quantitative estimate of drug-likeness (QED) is 0.702. The van der Waals surface area contributed by atoms with Crippen molar-refractivity contribution in [3.63, 3.8) is 0 Å². The molecule has 0 atom stereocenters. The van der Waals surface area contributed by atoms with Crippen LogP contribution in [0.3, 0.4) is 0 Å². The van der Waals surface area contributed by atoms with Gasteiger partial charge < -0.3 is 4.90 Å². The Morgan fingerprint density at radius 2 is 2.40 bits per heavy atom. The predicted octanol–water partition coefficient (Wildman–Crippen LogP) is 2.36. The van der Waals surface area contributed by atoms with Gasteiger partial charge in [0.05, 0.1) is 0 Å². The average Bonchev–Trinajstić information content (AvgIpc) is 2.25. The maximum atomic E-state index is 8.75. The minimum atomic E-state index is 0.452. The molecule has 0 aromatic carbocycles. The minimum Gasteiger partial charge on any atom is -0.368 e. The standard InChI is InChI=1S/C12H15N3/c1-4-15(9-10(2)3)12-5-6-14-11(7-12)8-13/h5-7H,2,4,9H2,1,3H3. The van der Waals surface area contributed by atoms with E-state index >= 15 is 0 Å². The molecule has 0 fully saturated rings. The van der Waals surface area contributed by atoms with Crippen molar-refractivity contribution in [3.8, 4) is 6.07 Å². The first kappa shape index (κ1) is 11.3. The van der Waals surface area contributed by atoms with Gasteiger partial charge in [0.2, 0.25) is 0 Å². The molecule has 0 amide bonds. The van der Waals surface area contributed by atoms with Gasteiger partial charge >= 0.3 is 0 Å². The van der Waals surface area contributed by atoms with Crippen molar-refractivity contribution in [2.75, 3.05) is 18.0 Å². The smallest absolute Gasteiger partial charge is 0.142 e. The molecule has 0 unspecified atom stereocenters. The fourth-order valence-corrected chi connectivity index (χ4v) is 1.39. The Kier molecular flexibility index (Phi) is 3.87. The molecule has 0 aliphatic heterocycles. The number of hydrogen-bond donors (Lipinski definition) is 0. The number of hydrogen-bond acceptors (Lipinski definition) is 3. The van der Waals surface area contributed by atoms with Crippen molar-refractivity contribution >= 4 is 5.69 Å². The van der Waals surface area contributed by atoms with Gasteiger partial charge in [-0.2, -0.15) is 5.26 Å². The van der Waals surface area contributed by atoms with Crippen LogP contribution < -0.4 is 4.90 Å². The van der Waals surface area contributed by atoms with E-state index < -0.39 is 0 Å². The minimum absolute atomic E-state index is 0.452. The second-order valence-corrected chi connectivity index (χ2v) is 3.48. The topological polar surface area (TPSA) is 39.9 Å². The van der Waals surface area contributed by atoms with Gasteiger partial charge in [-0.25, -0.2) is 4.98 Å². The highest BCUT2D eigenvalue weighted by molar-refractivity contribution is 5.49. The molecule has 0 radical (unpaired) electrons. The van der Waals surface area contributed by atoms with Crippen LogP contribution >= 0.6 is 0 Å². The van der Waals surface area contributed by atoms with Crippen LogP contribution in [-0.4, -0.2) is 18.1 Å². The highest BCUT2D eigenvalue weighted by Gasteiger charge is 2.05. The van der Waals surface area contributed by atoms with Gasteiger partial charge in [0.1, 0.15) is 11.8 Å². The molecule has 78 valence electrons. The number of pyridine rings is 1. The van der Waals surface area contributed by atoms with E-state index in [1.54, 1.807) is 12.3 Å². The zero-order valence-electron chi connectivity index (χ0n) is 9.20. The summed E-state index contributed by atoms with van der Waals surface area (Å²) in [6.07, 6.45) is 1.66. The maximum absolute atomic E-state index is 8.75. The Bertz CT molecular complexity index is 390. The molecule has 0 aliphatic carbocycles. The number of likely N-dealkylation sites (N-methyl/N-ethyl adjacent to an activating group) is 1. The van der Waals surface area contributed by atoms with Crippen LogP contribution in [0.4, 0.5) is 5.69 Å². The van der Waals surface area contributed by atoms with E-state index in [0.717, 1.165) is 24.4 Å². The third kappa shape index (κ3) is 3.10. The summed E-state index contributed by atoms with van der Waals surface area (Å²) in [5, 5.41) is 8.75. The Labute approximate surface area is 90.7 Å². The molecule has 0 spiro atoms. The van der Waals surface area contributed by atoms with Crippen LogP contribution in [0.15, 0.2) is 30.5 Å². The van der Waals surface area contributed by atoms with Gasteiger partial charge in [-0.1, -0.05) is 12.2 Å². The monoisotopic (exact) mass is 201 g/mol. The van der Waals surface area contributed by atoms with Crippen LogP contribution in [0.25, 0.3) is 0 Å². The summed E-state index contributed by atoms with van der Waals surface area (Å²) in [5.41, 5.74) is 2.58. The lowest BCUT2D eigenvalue weighted by atomic mass is 10.2. The van der Waals surface area contributed by atoms with E-state index in [1.165, 1.54) is 0 Å². The summed E-state index contributed by atoms with van der Waals surface area (Å²) >= 11 is 0. The van der Waals surface area contributed by atoms with Crippen LogP contribution in [-0.2, 0) is 0 Å². The van der Waals surface area contributed by atoms with E-state index in [4.69, 9.17) is 5.26 Å². The highest BCUT2D eigenvalue weighted by atomic mass is 15.1. The molecule has 1 aromatic rings. The van der Waals surface area contributed by atoms with Gasteiger partial charge in [-0.3, -0.25) is 0 Å². The van der Waals surface area contributed by atoms with Gasteiger partial charge in [0, 0.05) is 25.0 Å². The molecular formula is C12H15N3. The van der Waals surface area contributed by atoms with Gasteiger partial charge in [0.15, 0.2) is 0 Å². The number of nitriles is 1. The van der Waals surface area contributed by atoms with Gasteiger partial charge in [-0.05, 0) is 26.0 Å². The molecule has 1 rings (SSSR count). The molecule has 3 heteroatoms. The van der Waals surface area contributed by atoms with E-state index in [2.05, 4.69) is 23.4 Å². The van der Waals surface area contributed by atoms with E-state index in [1.807, 2.05) is 19.1 Å². The molecule has 0 saturated heterocycles.